The summed E-state index contributed by atoms with van der Waals surface area (Å²) in [7, 11) is 0. The molecule has 0 saturated carbocycles. The number of terminal acetylenes is 1. The quantitative estimate of drug-likeness (QED) is 0.272. The van der Waals surface area contributed by atoms with E-state index in [0.717, 1.165) is 0 Å². The van der Waals surface area contributed by atoms with E-state index in [1.165, 1.54) is 6.08 Å². The van der Waals surface area contributed by atoms with Crippen molar-refractivity contribution in [3.8, 4) is 23.8 Å². The minimum atomic E-state index is -0.448. The average molecular weight is 271 g/mol. The van der Waals surface area contributed by atoms with Gasteiger partial charge in [-0.2, -0.15) is 0 Å². The van der Waals surface area contributed by atoms with E-state index in [1.807, 2.05) is 0 Å². The zero-order chi connectivity index (χ0) is 14.8. The van der Waals surface area contributed by atoms with Gasteiger partial charge in [0.2, 0.25) is 0 Å². The monoisotopic (exact) mass is 271 g/mol. The van der Waals surface area contributed by atoms with Crippen LogP contribution in [0.3, 0.4) is 0 Å². The molecule has 0 amide bonds. The van der Waals surface area contributed by atoms with Gasteiger partial charge in [0.05, 0.1) is 0 Å². The second-order valence-corrected chi connectivity index (χ2v) is 3.88. The molecule has 0 heterocycles. The number of hydrogen-bond donors (Lipinski definition) is 1. The fourth-order valence-corrected chi connectivity index (χ4v) is 1.34. The van der Waals surface area contributed by atoms with Crippen LogP contribution in [-0.2, 0) is 4.79 Å². The van der Waals surface area contributed by atoms with Crippen LogP contribution in [-0.4, -0.2) is 19.1 Å². The summed E-state index contributed by atoms with van der Waals surface area (Å²) >= 11 is 0. The van der Waals surface area contributed by atoms with Crippen molar-refractivity contribution in [2.75, 3.05) is 13.2 Å². The van der Waals surface area contributed by atoms with Crippen LogP contribution in [0.4, 0.5) is 0 Å². The number of esters is 1. The van der Waals surface area contributed by atoms with Gasteiger partial charge in [-0.1, -0.05) is 12.0 Å². The fraction of sp³-hybridized carbons (Fsp3) is 0.188. The van der Waals surface area contributed by atoms with Crippen molar-refractivity contribution in [3.05, 3.63) is 48.7 Å². The molecule has 0 fully saturated rings. The first-order chi connectivity index (χ1) is 9.65. The normalized spacial score (nSPS) is 10.3. The molecule has 0 unspecified atom stereocenters. The molecule has 1 rings (SSSR count). The molecule has 4 heteroatoms. The van der Waals surface area contributed by atoms with E-state index in [2.05, 4.69) is 17.8 Å². The van der Waals surface area contributed by atoms with Crippen molar-refractivity contribution in [1.29, 1.82) is 0 Å². The number of rotatable bonds is 7. The van der Waals surface area contributed by atoms with Gasteiger partial charge in [0.25, 0.3) is 0 Å². The highest BCUT2D eigenvalue weighted by atomic mass is 16.5. The summed E-state index contributed by atoms with van der Waals surface area (Å²) in [4.78, 5) is 11.6. The van der Waals surface area contributed by atoms with Gasteiger partial charge in [-0.25, -0.2) is 4.79 Å². The van der Waals surface area contributed by atoms with Gasteiger partial charge in [-0.3, -0.25) is 0 Å². The maximum atomic E-state index is 11.6. The van der Waals surface area contributed by atoms with Crippen molar-refractivity contribution < 1.29 is 14.3 Å². The highest BCUT2D eigenvalue weighted by Gasteiger charge is 2.02. The molecule has 104 valence electrons. The number of ether oxygens (including phenoxy) is 2. The summed E-state index contributed by atoms with van der Waals surface area (Å²) in [5.74, 6) is 2.99. The minimum Gasteiger partial charge on any atom is -0.481 e. The van der Waals surface area contributed by atoms with Crippen molar-refractivity contribution in [1.82, 2.24) is 5.32 Å². The molecule has 1 N–H and O–H groups in total. The lowest BCUT2D eigenvalue weighted by atomic mass is 10.3. The molecular formula is C16H17NO3. The van der Waals surface area contributed by atoms with E-state index >= 15 is 0 Å². The zero-order valence-corrected chi connectivity index (χ0v) is 11.4. The molecule has 0 spiro atoms. The maximum Gasteiger partial charge on any atom is 0.337 e. The molecule has 1 aromatic carbocycles. The van der Waals surface area contributed by atoms with Gasteiger partial charge in [-0.15, -0.1) is 13.0 Å². The Morgan fingerprint density at radius 3 is 2.65 bits per heavy atom. The van der Waals surface area contributed by atoms with E-state index in [9.17, 15) is 4.79 Å². The first-order valence-corrected chi connectivity index (χ1v) is 6.07. The summed E-state index contributed by atoms with van der Waals surface area (Å²) in [5, 5.41) is 2.98. The third kappa shape index (κ3) is 5.78. The minimum absolute atomic E-state index is 0.204. The van der Waals surface area contributed by atoms with Gasteiger partial charge in [0.1, 0.15) is 18.1 Å². The Kier molecular flexibility index (Phi) is 6.49. The van der Waals surface area contributed by atoms with Gasteiger partial charge in [0, 0.05) is 18.3 Å². The Morgan fingerprint density at radius 1 is 1.40 bits per heavy atom. The van der Waals surface area contributed by atoms with Gasteiger partial charge in [-0.05, 0) is 31.2 Å². The summed E-state index contributed by atoms with van der Waals surface area (Å²) < 4.78 is 10.4. The topological polar surface area (TPSA) is 47.6 Å². The standard InChI is InChI=1S/C16H17NO3/c1-4-10-17-13(3)12-16(18)20-15-8-6-14(7-9-15)19-11-5-2/h2,4,6-9,12,17H,1,10-11H2,3H3/b13-12-. The molecule has 0 atom stereocenters. The van der Waals surface area contributed by atoms with Crippen molar-refractivity contribution in [3.63, 3.8) is 0 Å². The molecule has 0 bridgehead atoms. The molecular weight excluding hydrogens is 254 g/mol. The van der Waals surface area contributed by atoms with Crippen LogP contribution in [0.25, 0.3) is 0 Å². The van der Waals surface area contributed by atoms with Crippen molar-refractivity contribution >= 4 is 5.97 Å². The summed E-state index contributed by atoms with van der Waals surface area (Å²) in [6, 6.07) is 6.66. The van der Waals surface area contributed by atoms with E-state index in [4.69, 9.17) is 15.9 Å². The lowest BCUT2D eigenvalue weighted by Crippen LogP contribution is -2.14. The largest absolute Gasteiger partial charge is 0.481 e. The smallest absolute Gasteiger partial charge is 0.337 e. The van der Waals surface area contributed by atoms with E-state index in [1.54, 1.807) is 37.3 Å². The Morgan fingerprint density at radius 2 is 2.05 bits per heavy atom. The second-order valence-electron chi connectivity index (χ2n) is 3.88. The first-order valence-electron chi connectivity index (χ1n) is 6.07. The predicted octanol–water partition coefficient (Wildman–Crippen LogP) is 2.28. The number of benzene rings is 1. The third-order valence-corrected chi connectivity index (χ3v) is 2.22. The van der Waals surface area contributed by atoms with Crippen LogP contribution < -0.4 is 14.8 Å². The van der Waals surface area contributed by atoms with Crippen molar-refractivity contribution in [2.45, 2.75) is 6.92 Å². The summed E-state index contributed by atoms with van der Waals surface area (Å²) in [6.45, 7) is 6.16. The molecule has 4 nitrogen and oxygen atoms in total. The number of allylic oxidation sites excluding steroid dienone is 1. The molecule has 0 saturated heterocycles. The number of carbonyl (C=O) groups is 1. The van der Waals surface area contributed by atoms with E-state index in [0.29, 0.717) is 23.7 Å². The predicted molar refractivity (Wildman–Crippen MR) is 78.4 cm³/mol. The van der Waals surface area contributed by atoms with Gasteiger partial charge in [0.15, 0.2) is 0 Å². The van der Waals surface area contributed by atoms with Crippen LogP contribution in [0.1, 0.15) is 6.92 Å². The number of nitrogens with one attached hydrogen (secondary N) is 1. The fourth-order valence-electron chi connectivity index (χ4n) is 1.34. The second kappa shape index (κ2) is 8.44. The third-order valence-electron chi connectivity index (χ3n) is 2.22. The SMILES string of the molecule is C#CCOc1ccc(OC(=O)/C=C(/C)NCC=C)cc1. The Bertz CT molecular complexity index is 524. The number of hydrogen-bond acceptors (Lipinski definition) is 4. The van der Waals surface area contributed by atoms with Crippen LogP contribution in [0.2, 0.25) is 0 Å². The zero-order valence-electron chi connectivity index (χ0n) is 11.4. The maximum absolute atomic E-state index is 11.6. The Labute approximate surface area is 119 Å². The summed E-state index contributed by atoms with van der Waals surface area (Å²) in [5.41, 5.74) is 0.712. The Hall–Kier alpha value is -2.67. The molecule has 1 aromatic rings. The highest BCUT2D eigenvalue weighted by molar-refractivity contribution is 5.84. The Balaban J connectivity index is 2.53. The molecule has 0 radical (unpaired) electrons. The molecule has 0 aliphatic heterocycles. The van der Waals surface area contributed by atoms with Crippen LogP contribution >= 0.6 is 0 Å². The molecule has 0 aliphatic carbocycles. The van der Waals surface area contributed by atoms with E-state index in [-0.39, 0.29) is 6.61 Å². The van der Waals surface area contributed by atoms with Gasteiger partial charge < -0.3 is 14.8 Å². The number of carbonyl (C=O) groups excluding carboxylic acids is 1. The highest BCUT2D eigenvalue weighted by Crippen LogP contribution is 2.17. The average Bonchev–Trinajstić information content (AvgIpc) is 2.44. The van der Waals surface area contributed by atoms with Crippen molar-refractivity contribution in [2.24, 2.45) is 0 Å². The van der Waals surface area contributed by atoms with Crippen LogP contribution in [0.15, 0.2) is 48.7 Å². The molecule has 20 heavy (non-hydrogen) atoms. The van der Waals surface area contributed by atoms with Crippen LogP contribution in [0, 0.1) is 12.3 Å². The molecule has 0 aromatic heterocycles. The molecule has 0 aliphatic rings. The summed E-state index contributed by atoms with van der Waals surface area (Å²) in [6.07, 6.45) is 8.18. The van der Waals surface area contributed by atoms with E-state index < -0.39 is 5.97 Å². The first kappa shape index (κ1) is 15.4. The lowest BCUT2D eigenvalue weighted by Gasteiger charge is -2.05. The lowest BCUT2D eigenvalue weighted by molar-refractivity contribution is -0.129. The van der Waals surface area contributed by atoms with Gasteiger partial charge >= 0.3 is 5.97 Å². The van der Waals surface area contributed by atoms with Crippen LogP contribution in [0.5, 0.6) is 11.5 Å².